The van der Waals surface area contributed by atoms with Gasteiger partial charge in [-0.2, -0.15) is 0 Å². The molecular formula is C6H14N2O2. The molecule has 2 N–H and O–H groups in total. The Morgan fingerprint density at radius 3 is 2.70 bits per heavy atom. The van der Waals surface area contributed by atoms with E-state index in [1.807, 2.05) is 13.8 Å². The summed E-state index contributed by atoms with van der Waals surface area (Å²) < 4.78 is 0. The largest absolute Gasteiger partial charge is 0.339 e. The molecule has 0 heterocycles. The highest BCUT2D eigenvalue weighted by Gasteiger charge is 1.99. The lowest BCUT2D eigenvalue weighted by molar-refractivity contribution is 0.00493. The molecule has 1 unspecified atom stereocenters. The highest BCUT2D eigenvalue weighted by Crippen LogP contribution is 1.91. The first-order valence-electron chi connectivity index (χ1n) is 3.34. The Labute approximate surface area is 60.9 Å². The van der Waals surface area contributed by atoms with Crippen molar-refractivity contribution in [3.05, 3.63) is 0 Å². The van der Waals surface area contributed by atoms with E-state index in [0.717, 1.165) is 6.42 Å². The highest BCUT2D eigenvalue weighted by molar-refractivity contribution is 5.72. The minimum Gasteiger partial charge on any atom is -0.339 e. The van der Waals surface area contributed by atoms with Gasteiger partial charge in [0, 0.05) is 7.05 Å². The summed E-state index contributed by atoms with van der Waals surface area (Å²) in [7, 11) is 1.54. The molecule has 0 aliphatic carbocycles. The molecule has 10 heavy (non-hydrogen) atoms. The van der Waals surface area contributed by atoms with Gasteiger partial charge in [-0.25, -0.2) is 10.3 Å². The standard InChI is InChI=1S/C6H14N2O2/c1-4-5(2)10-8-6(9)7-3/h5H,4H2,1-3H3,(H2,7,8,9). The Bertz CT molecular complexity index is 106. The first-order chi connectivity index (χ1) is 4.70. The number of nitrogens with one attached hydrogen (secondary N) is 2. The number of rotatable bonds is 3. The maximum absolute atomic E-state index is 10.5. The number of carbonyl (C=O) groups excluding carboxylic acids is 1. The average molecular weight is 146 g/mol. The molecular weight excluding hydrogens is 132 g/mol. The molecule has 60 valence electrons. The molecule has 4 heteroatoms. The van der Waals surface area contributed by atoms with Crippen LogP contribution >= 0.6 is 0 Å². The maximum atomic E-state index is 10.5. The van der Waals surface area contributed by atoms with Gasteiger partial charge < -0.3 is 5.32 Å². The van der Waals surface area contributed by atoms with Crippen LogP contribution in [-0.2, 0) is 4.84 Å². The van der Waals surface area contributed by atoms with Crippen molar-refractivity contribution in [2.75, 3.05) is 7.05 Å². The van der Waals surface area contributed by atoms with Crippen molar-refractivity contribution in [2.24, 2.45) is 0 Å². The van der Waals surface area contributed by atoms with E-state index in [9.17, 15) is 4.79 Å². The second kappa shape index (κ2) is 5.05. The Hall–Kier alpha value is -0.770. The van der Waals surface area contributed by atoms with E-state index < -0.39 is 0 Å². The minimum atomic E-state index is -0.319. The van der Waals surface area contributed by atoms with Crippen LogP contribution in [0.2, 0.25) is 0 Å². The third-order valence-corrected chi connectivity index (χ3v) is 1.15. The first-order valence-corrected chi connectivity index (χ1v) is 3.34. The molecule has 0 bridgehead atoms. The second-order valence-electron chi connectivity index (χ2n) is 2.02. The number of amides is 2. The molecule has 0 fully saturated rings. The zero-order valence-corrected chi connectivity index (χ0v) is 6.60. The van der Waals surface area contributed by atoms with E-state index in [0.29, 0.717) is 0 Å². The summed E-state index contributed by atoms with van der Waals surface area (Å²) in [5.41, 5.74) is 2.23. The van der Waals surface area contributed by atoms with Gasteiger partial charge in [-0.1, -0.05) is 6.92 Å². The summed E-state index contributed by atoms with van der Waals surface area (Å²) in [5, 5.41) is 2.37. The maximum Gasteiger partial charge on any atom is 0.338 e. The van der Waals surface area contributed by atoms with Gasteiger partial charge in [-0.3, -0.25) is 4.84 Å². The molecule has 4 nitrogen and oxygen atoms in total. The fourth-order valence-electron chi connectivity index (χ4n) is 0.288. The molecule has 0 saturated carbocycles. The summed E-state index contributed by atoms with van der Waals surface area (Å²) in [6.45, 7) is 3.87. The molecule has 0 spiro atoms. The summed E-state index contributed by atoms with van der Waals surface area (Å²) in [6.07, 6.45) is 0.946. The van der Waals surface area contributed by atoms with Crippen LogP contribution in [0.25, 0.3) is 0 Å². The van der Waals surface area contributed by atoms with Crippen LogP contribution in [0, 0.1) is 0 Å². The molecule has 0 radical (unpaired) electrons. The van der Waals surface area contributed by atoms with Crippen LogP contribution in [0.4, 0.5) is 4.79 Å². The minimum absolute atomic E-state index is 0.0669. The molecule has 0 aliphatic heterocycles. The summed E-state index contributed by atoms with van der Waals surface area (Å²) in [4.78, 5) is 15.4. The first kappa shape index (κ1) is 9.23. The molecule has 0 aromatic rings. The van der Waals surface area contributed by atoms with Gasteiger partial charge in [0.1, 0.15) is 0 Å². The number of urea groups is 1. The van der Waals surface area contributed by atoms with E-state index in [1.54, 1.807) is 0 Å². The number of hydroxylamine groups is 1. The van der Waals surface area contributed by atoms with Gasteiger partial charge in [-0.05, 0) is 13.3 Å². The predicted molar refractivity (Wildman–Crippen MR) is 38.4 cm³/mol. The van der Waals surface area contributed by atoms with E-state index in [-0.39, 0.29) is 12.1 Å². The van der Waals surface area contributed by atoms with Crippen molar-refractivity contribution in [3.63, 3.8) is 0 Å². The van der Waals surface area contributed by atoms with Gasteiger partial charge in [-0.15, -0.1) is 0 Å². The van der Waals surface area contributed by atoms with Crippen LogP contribution in [0.5, 0.6) is 0 Å². The SMILES string of the molecule is CCC(C)ONC(=O)NC. The van der Waals surface area contributed by atoms with Gasteiger partial charge in [0.05, 0.1) is 6.10 Å². The molecule has 0 aliphatic rings. The number of carbonyl (C=O) groups is 1. The van der Waals surface area contributed by atoms with Gasteiger partial charge in [0.2, 0.25) is 0 Å². The smallest absolute Gasteiger partial charge is 0.338 e. The number of hydrogen-bond donors (Lipinski definition) is 2. The van der Waals surface area contributed by atoms with Crippen molar-refractivity contribution in [1.29, 1.82) is 0 Å². The third-order valence-electron chi connectivity index (χ3n) is 1.15. The molecule has 1 atom stereocenters. The molecule has 2 amide bonds. The number of hydrogen-bond acceptors (Lipinski definition) is 2. The average Bonchev–Trinajstić information content (AvgIpc) is 1.99. The Morgan fingerprint density at radius 2 is 2.30 bits per heavy atom. The zero-order chi connectivity index (χ0) is 7.98. The van der Waals surface area contributed by atoms with Crippen LogP contribution in [0.1, 0.15) is 20.3 Å². The fraction of sp³-hybridized carbons (Fsp3) is 0.833. The molecule has 0 aromatic heterocycles. The summed E-state index contributed by atoms with van der Waals surface area (Å²) in [6, 6.07) is -0.319. The normalized spacial score (nSPS) is 12.3. The van der Waals surface area contributed by atoms with E-state index in [2.05, 4.69) is 10.8 Å². The molecule has 0 saturated heterocycles. The summed E-state index contributed by atoms with van der Waals surface area (Å²) in [5.74, 6) is 0. The van der Waals surface area contributed by atoms with Crippen LogP contribution < -0.4 is 10.8 Å². The lowest BCUT2D eigenvalue weighted by atomic mass is 10.3. The highest BCUT2D eigenvalue weighted by atomic mass is 16.7. The van der Waals surface area contributed by atoms with Gasteiger partial charge in [0.25, 0.3) is 0 Å². The lowest BCUT2D eigenvalue weighted by Crippen LogP contribution is -2.35. The van der Waals surface area contributed by atoms with Gasteiger partial charge >= 0.3 is 6.03 Å². The Morgan fingerprint density at radius 1 is 1.70 bits per heavy atom. The zero-order valence-electron chi connectivity index (χ0n) is 6.60. The van der Waals surface area contributed by atoms with E-state index in [1.165, 1.54) is 7.05 Å². The predicted octanol–water partition coefficient (Wildman–Crippen LogP) is 0.646. The van der Waals surface area contributed by atoms with E-state index >= 15 is 0 Å². The van der Waals surface area contributed by atoms with Crippen LogP contribution in [0.3, 0.4) is 0 Å². The topological polar surface area (TPSA) is 50.4 Å². The van der Waals surface area contributed by atoms with Crippen LogP contribution in [-0.4, -0.2) is 19.2 Å². The van der Waals surface area contributed by atoms with Crippen molar-refractivity contribution in [2.45, 2.75) is 26.4 Å². The Balaban J connectivity index is 3.26. The van der Waals surface area contributed by atoms with Crippen molar-refractivity contribution >= 4 is 6.03 Å². The molecule has 0 aromatic carbocycles. The quantitative estimate of drug-likeness (QED) is 0.574. The lowest BCUT2D eigenvalue weighted by Gasteiger charge is -2.09. The second-order valence-corrected chi connectivity index (χ2v) is 2.02. The van der Waals surface area contributed by atoms with Crippen molar-refractivity contribution < 1.29 is 9.63 Å². The van der Waals surface area contributed by atoms with Crippen molar-refractivity contribution in [1.82, 2.24) is 10.8 Å². The van der Waals surface area contributed by atoms with Crippen molar-refractivity contribution in [3.8, 4) is 0 Å². The monoisotopic (exact) mass is 146 g/mol. The van der Waals surface area contributed by atoms with Gasteiger partial charge in [0.15, 0.2) is 0 Å². The summed E-state index contributed by atoms with van der Waals surface area (Å²) >= 11 is 0. The Kier molecular flexibility index (Phi) is 4.66. The van der Waals surface area contributed by atoms with E-state index in [4.69, 9.17) is 4.84 Å². The fourth-order valence-corrected chi connectivity index (χ4v) is 0.288. The third kappa shape index (κ3) is 4.14. The van der Waals surface area contributed by atoms with Crippen LogP contribution in [0.15, 0.2) is 0 Å². The molecule has 0 rings (SSSR count).